The van der Waals surface area contributed by atoms with E-state index >= 15 is 0 Å². The number of rotatable bonds is 7. The van der Waals surface area contributed by atoms with Crippen LogP contribution in [0.15, 0.2) is 54.9 Å². The Balaban J connectivity index is 1.32. The molecule has 0 unspecified atom stereocenters. The van der Waals surface area contributed by atoms with Gasteiger partial charge in [-0.3, -0.25) is 9.59 Å². The van der Waals surface area contributed by atoms with Crippen LogP contribution in [0.1, 0.15) is 33.9 Å². The number of hydrogen-bond acceptors (Lipinski definition) is 8. The van der Waals surface area contributed by atoms with Crippen LogP contribution in [0.2, 0.25) is 10.3 Å². The van der Waals surface area contributed by atoms with Crippen LogP contribution in [-0.4, -0.2) is 60.7 Å². The quantitative estimate of drug-likeness (QED) is 0.197. The van der Waals surface area contributed by atoms with Crippen molar-refractivity contribution < 1.29 is 19.8 Å². The molecule has 0 bridgehead atoms. The molecule has 2 aliphatic rings. The third-order valence-corrected chi connectivity index (χ3v) is 8.24. The first-order chi connectivity index (χ1) is 18.8. The molecule has 2 aromatic heterocycles. The van der Waals surface area contributed by atoms with Crippen LogP contribution in [0.5, 0.6) is 0 Å². The van der Waals surface area contributed by atoms with Crippen molar-refractivity contribution in [2.75, 3.05) is 12.4 Å². The molecule has 0 saturated heterocycles. The molecule has 4 aromatic rings. The molecule has 39 heavy (non-hydrogen) atoms. The number of hydrogen-bond donors (Lipinski definition) is 4. The highest BCUT2D eigenvalue weighted by molar-refractivity contribution is 6.31. The standard InChI is InChI=1S/C27H24Cl2N6O4/c1-30-25(39)27-10-17(27)19(21(37)22(27)38)35-12-32-18-23(33-26(29)34-24(18)35)31-11-14-9-15(28)7-8-16(14)20(36)13-5-3-2-4-6-13/h2-9,12,17,19,21-22,37-38H,10-11H2,1H3,(H,30,39)(H,31,33,34)/t17-,19-,21+,22+,27+/m1/s1. The number of nitrogens with one attached hydrogen (secondary N) is 2. The summed E-state index contributed by atoms with van der Waals surface area (Å²) in [7, 11) is 1.51. The Hall–Kier alpha value is -3.57. The molecule has 2 fully saturated rings. The fraction of sp³-hybridized carbons (Fsp3) is 0.296. The number of anilines is 1. The number of fused-ring (bicyclic) bond motifs is 2. The molecule has 10 nitrogen and oxygen atoms in total. The van der Waals surface area contributed by atoms with Gasteiger partial charge in [0, 0.05) is 35.7 Å². The van der Waals surface area contributed by atoms with Gasteiger partial charge in [0.25, 0.3) is 0 Å². The second-order valence-electron chi connectivity index (χ2n) is 9.87. The van der Waals surface area contributed by atoms with Gasteiger partial charge in [-0.2, -0.15) is 9.97 Å². The summed E-state index contributed by atoms with van der Waals surface area (Å²) in [5.41, 5.74) is 1.39. The smallest absolute Gasteiger partial charge is 0.229 e. The summed E-state index contributed by atoms with van der Waals surface area (Å²) >= 11 is 12.5. The molecule has 4 N–H and O–H groups in total. The maximum atomic E-state index is 13.2. The van der Waals surface area contributed by atoms with Crippen molar-refractivity contribution in [2.45, 2.75) is 31.2 Å². The van der Waals surface area contributed by atoms with Gasteiger partial charge >= 0.3 is 0 Å². The number of amides is 1. The molecule has 1 amide bonds. The third-order valence-electron chi connectivity index (χ3n) is 7.83. The molecule has 2 aromatic carbocycles. The number of nitrogens with zero attached hydrogens (tertiary/aromatic N) is 4. The van der Waals surface area contributed by atoms with E-state index in [4.69, 9.17) is 23.2 Å². The molecule has 200 valence electrons. The van der Waals surface area contributed by atoms with Crippen LogP contribution in [0.3, 0.4) is 0 Å². The Morgan fingerprint density at radius 3 is 2.64 bits per heavy atom. The highest BCUT2D eigenvalue weighted by Crippen LogP contribution is 2.67. The van der Waals surface area contributed by atoms with Crippen molar-refractivity contribution in [3.8, 4) is 0 Å². The van der Waals surface area contributed by atoms with Crippen LogP contribution in [0.25, 0.3) is 11.2 Å². The average Bonchev–Trinajstić information content (AvgIpc) is 3.48. The fourth-order valence-corrected chi connectivity index (χ4v) is 6.23. The average molecular weight is 567 g/mol. The fourth-order valence-electron chi connectivity index (χ4n) is 5.87. The summed E-state index contributed by atoms with van der Waals surface area (Å²) in [6.07, 6.45) is -0.472. The van der Waals surface area contributed by atoms with E-state index in [1.54, 1.807) is 47.0 Å². The monoisotopic (exact) mass is 566 g/mol. The normalized spacial score (nSPS) is 25.4. The number of aromatic nitrogens is 4. The summed E-state index contributed by atoms with van der Waals surface area (Å²) in [5.74, 6) is -0.411. The highest BCUT2D eigenvalue weighted by Gasteiger charge is 2.75. The summed E-state index contributed by atoms with van der Waals surface area (Å²) in [4.78, 5) is 38.8. The zero-order valence-electron chi connectivity index (χ0n) is 20.7. The number of halogens is 2. The van der Waals surface area contributed by atoms with Crippen LogP contribution < -0.4 is 10.6 Å². The van der Waals surface area contributed by atoms with Crippen molar-refractivity contribution >= 4 is 51.9 Å². The lowest BCUT2D eigenvalue weighted by molar-refractivity contribution is -0.132. The maximum absolute atomic E-state index is 13.2. The molecule has 0 aliphatic heterocycles. The van der Waals surface area contributed by atoms with E-state index in [2.05, 4.69) is 25.6 Å². The number of ketones is 1. The second kappa shape index (κ2) is 9.56. The van der Waals surface area contributed by atoms with Crippen molar-refractivity contribution in [2.24, 2.45) is 11.3 Å². The Labute approximate surface area is 233 Å². The van der Waals surface area contributed by atoms with Crippen LogP contribution in [0.4, 0.5) is 5.82 Å². The van der Waals surface area contributed by atoms with E-state index in [0.29, 0.717) is 45.1 Å². The van der Waals surface area contributed by atoms with Crippen LogP contribution >= 0.6 is 23.2 Å². The lowest BCUT2D eigenvalue weighted by Gasteiger charge is -2.23. The number of imidazole rings is 1. The lowest BCUT2D eigenvalue weighted by Crippen LogP contribution is -2.41. The first-order valence-corrected chi connectivity index (χ1v) is 13.1. The largest absolute Gasteiger partial charge is 0.389 e. The number of benzene rings is 2. The molecular weight excluding hydrogens is 543 g/mol. The number of aliphatic hydroxyl groups is 2. The predicted octanol–water partition coefficient (Wildman–Crippen LogP) is 3.01. The Morgan fingerprint density at radius 2 is 1.90 bits per heavy atom. The van der Waals surface area contributed by atoms with Crippen molar-refractivity contribution in [1.29, 1.82) is 0 Å². The molecule has 6 rings (SSSR count). The van der Waals surface area contributed by atoms with E-state index in [0.717, 1.165) is 0 Å². The molecule has 0 radical (unpaired) electrons. The molecule has 0 spiro atoms. The third kappa shape index (κ3) is 4.06. The van der Waals surface area contributed by atoms with Crippen molar-refractivity contribution in [1.82, 2.24) is 24.8 Å². The number of carbonyl (C=O) groups excluding carboxylic acids is 2. The minimum atomic E-state index is -1.22. The van der Waals surface area contributed by atoms with Gasteiger partial charge in [0.15, 0.2) is 22.8 Å². The molecule has 2 saturated carbocycles. The van der Waals surface area contributed by atoms with Gasteiger partial charge in [-0.25, -0.2) is 4.98 Å². The van der Waals surface area contributed by atoms with Gasteiger partial charge in [-0.15, -0.1) is 0 Å². The van der Waals surface area contributed by atoms with Gasteiger partial charge in [0.1, 0.15) is 6.10 Å². The van der Waals surface area contributed by atoms with Gasteiger partial charge in [-0.05, 0) is 41.8 Å². The van der Waals surface area contributed by atoms with E-state index in [-0.39, 0.29) is 29.4 Å². The molecule has 5 atom stereocenters. The molecule has 2 aliphatic carbocycles. The Morgan fingerprint density at radius 1 is 1.13 bits per heavy atom. The van der Waals surface area contributed by atoms with Gasteiger partial charge in [0.05, 0.1) is 23.9 Å². The van der Waals surface area contributed by atoms with E-state index in [1.807, 2.05) is 6.07 Å². The predicted molar refractivity (Wildman–Crippen MR) is 145 cm³/mol. The Bertz CT molecular complexity index is 1610. The van der Waals surface area contributed by atoms with Gasteiger partial charge < -0.3 is 25.4 Å². The van der Waals surface area contributed by atoms with E-state index < -0.39 is 23.7 Å². The minimum Gasteiger partial charge on any atom is -0.389 e. The lowest BCUT2D eigenvalue weighted by atomic mass is 9.98. The second-order valence-corrected chi connectivity index (χ2v) is 10.6. The zero-order valence-corrected chi connectivity index (χ0v) is 22.2. The molecule has 12 heteroatoms. The summed E-state index contributed by atoms with van der Waals surface area (Å²) in [6, 6.07) is 13.4. The number of carbonyl (C=O) groups is 2. The van der Waals surface area contributed by atoms with Crippen LogP contribution in [0, 0.1) is 11.3 Å². The zero-order chi connectivity index (χ0) is 27.5. The summed E-state index contributed by atoms with van der Waals surface area (Å²) < 4.78 is 1.65. The number of aliphatic hydroxyl groups excluding tert-OH is 2. The first-order valence-electron chi connectivity index (χ1n) is 12.4. The van der Waals surface area contributed by atoms with Crippen LogP contribution in [-0.2, 0) is 11.3 Å². The summed E-state index contributed by atoms with van der Waals surface area (Å²) in [6.45, 7) is 0.191. The van der Waals surface area contributed by atoms with E-state index in [1.165, 1.54) is 13.4 Å². The Kier molecular flexibility index (Phi) is 6.30. The van der Waals surface area contributed by atoms with Gasteiger partial charge in [0.2, 0.25) is 11.2 Å². The SMILES string of the molecule is CNC(=O)[C@@]12C[C@@H]1[C@@H](n1cnc3c(NCc4cc(Cl)ccc4C(=O)c4ccccc4)nc(Cl)nc31)[C@H](O)[C@@H]2O. The maximum Gasteiger partial charge on any atom is 0.229 e. The minimum absolute atomic E-state index is 0.0557. The topological polar surface area (TPSA) is 142 Å². The highest BCUT2D eigenvalue weighted by atomic mass is 35.5. The van der Waals surface area contributed by atoms with Gasteiger partial charge in [-0.1, -0.05) is 41.9 Å². The molecule has 2 heterocycles. The van der Waals surface area contributed by atoms with E-state index in [9.17, 15) is 19.8 Å². The molecular formula is C27H24Cl2N6O4. The van der Waals surface area contributed by atoms with Crippen molar-refractivity contribution in [3.05, 3.63) is 81.9 Å². The van der Waals surface area contributed by atoms with Crippen molar-refractivity contribution in [3.63, 3.8) is 0 Å². The first kappa shape index (κ1) is 25.7. The summed E-state index contributed by atoms with van der Waals surface area (Å²) in [5, 5.41) is 27.8.